The zero-order valence-corrected chi connectivity index (χ0v) is 20.5. The summed E-state index contributed by atoms with van der Waals surface area (Å²) in [6, 6.07) is 6.26. The number of nitrogens with zero attached hydrogens (tertiary/aromatic N) is 2. The van der Waals surface area contributed by atoms with E-state index in [0.717, 1.165) is 87.8 Å². The molecule has 2 rings (SSSR count). The summed E-state index contributed by atoms with van der Waals surface area (Å²) in [7, 11) is 0. The zero-order chi connectivity index (χ0) is 23.2. The van der Waals surface area contributed by atoms with Crippen molar-refractivity contribution >= 4 is 5.96 Å². The molecular formula is C25H44N4O3. The number of aliphatic hydroxyl groups excluding tert-OH is 1. The van der Waals surface area contributed by atoms with Gasteiger partial charge in [-0.15, -0.1) is 0 Å². The number of aliphatic imine (C=N–C) groups is 1. The highest BCUT2D eigenvalue weighted by Crippen LogP contribution is 2.31. The molecule has 1 atom stereocenters. The van der Waals surface area contributed by atoms with Crippen LogP contribution in [0.2, 0.25) is 0 Å². The van der Waals surface area contributed by atoms with E-state index in [1.165, 1.54) is 0 Å². The molecule has 7 nitrogen and oxygen atoms in total. The highest BCUT2D eigenvalue weighted by Gasteiger charge is 2.16. The van der Waals surface area contributed by atoms with E-state index in [9.17, 15) is 5.11 Å². The fourth-order valence-corrected chi connectivity index (χ4v) is 3.69. The molecule has 1 unspecified atom stereocenters. The van der Waals surface area contributed by atoms with Gasteiger partial charge in [-0.2, -0.15) is 0 Å². The number of piperidine rings is 1. The molecule has 0 spiro atoms. The molecule has 0 aliphatic carbocycles. The topological polar surface area (TPSA) is 78.4 Å². The molecule has 0 saturated carbocycles. The van der Waals surface area contributed by atoms with Crippen molar-refractivity contribution in [1.29, 1.82) is 0 Å². The van der Waals surface area contributed by atoms with Gasteiger partial charge in [0.1, 0.15) is 0 Å². The Morgan fingerprint density at radius 3 is 2.47 bits per heavy atom. The summed E-state index contributed by atoms with van der Waals surface area (Å²) >= 11 is 0. The summed E-state index contributed by atoms with van der Waals surface area (Å²) in [5, 5.41) is 16.5. The minimum absolute atomic E-state index is 0.0839. The van der Waals surface area contributed by atoms with Gasteiger partial charge in [-0.25, -0.2) is 0 Å². The zero-order valence-electron chi connectivity index (χ0n) is 20.5. The molecule has 0 aromatic heterocycles. The van der Waals surface area contributed by atoms with E-state index in [1.54, 1.807) is 0 Å². The molecule has 182 valence electrons. The lowest BCUT2D eigenvalue weighted by Crippen LogP contribution is -2.39. The fraction of sp³-hybridized carbons (Fsp3) is 0.720. The standard InChI is InChI=1S/C25H44N4O3/c1-5-17-31-23-10-9-21(19-24(23)32-18-6-2)20(4)28-25(26-7-3)27-13-8-14-29-15-11-22(30)12-16-29/h9-10,19-20,22,30H,5-8,11-18H2,1-4H3,(H2,26,27,28). The molecule has 1 aromatic carbocycles. The fourth-order valence-electron chi connectivity index (χ4n) is 3.69. The van der Waals surface area contributed by atoms with Gasteiger partial charge in [0.15, 0.2) is 17.5 Å². The molecule has 0 radical (unpaired) electrons. The number of aliphatic hydroxyl groups is 1. The smallest absolute Gasteiger partial charge is 0.191 e. The van der Waals surface area contributed by atoms with Crippen LogP contribution in [-0.2, 0) is 0 Å². The molecular weight excluding hydrogens is 404 g/mol. The monoisotopic (exact) mass is 448 g/mol. The first-order valence-corrected chi connectivity index (χ1v) is 12.4. The quantitative estimate of drug-likeness (QED) is 0.242. The van der Waals surface area contributed by atoms with Gasteiger partial charge >= 0.3 is 0 Å². The van der Waals surface area contributed by atoms with Crippen LogP contribution in [0.3, 0.4) is 0 Å². The van der Waals surface area contributed by atoms with Crippen LogP contribution in [0.1, 0.15) is 71.4 Å². The van der Waals surface area contributed by atoms with Gasteiger partial charge in [0.25, 0.3) is 0 Å². The molecule has 1 saturated heterocycles. The summed E-state index contributed by atoms with van der Waals surface area (Å²) < 4.78 is 11.8. The Morgan fingerprint density at radius 2 is 1.81 bits per heavy atom. The molecule has 0 bridgehead atoms. The van der Waals surface area contributed by atoms with Gasteiger partial charge in [0, 0.05) is 26.2 Å². The van der Waals surface area contributed by atoms with Crippen LogP contribution in [0.5, 0.6) is 11.5 Å². The van der Waals surface area contributed by atoms with Crippen LogP contribution < -0.4 is 20.1 Å². The van der Waals surface area contributed by atoms with E-state index in [-0.39, 0.29) is 12.1 Å². The molecule has 32 heavy (non-hydrogen) atoms. The predicted octanol–water partition coefficient (Wildman–Crippen LogP) is 3.73. The molecule has 1 aliphatic heterocycles. The average Bonchev–Trinajstić information content (AvgIpc) is 2.80. The van der Waals surface area contributed by atoms with Gasteiger partial charge in [-0.1, -0.05) is 19.9 Å². The average molecular weight is 449 g/mol. The van der Waals surface area contributed by atoms with Crippen molar-refractivity contribution in [3.63, 3.8) is 0 Å². The van der Waals surface area contributed by atoms with Crippen LogP contribution in [-0.4, -0.2) is 68.0 Å². The van der Waals surface area contributed by atoms with E-state index in [1.807, 2.05) is 6.07 Å². The highest BCUT2D eigenvalue weighted by atomic mass is 16.5. The second-order valence-electron chi connectivity index (χ2n) is 8.46. The number of ether oxygens (including phenoxy) is 2. The van der Waals surface area contributed by atoms with Crippen molar-refractivity contribution in [2.24, 2.45) is 4.99 Å². The van der Waals surface area contributed by atoms with E-state index in [4.69, 9.17) is 14.5 Å². The molecule has 3 N–H and O–H groups in total. The lowest BCUT2D eigenvalue weighted by atomic mass is 10.1. The Kier molecular flexibility index (Phi) is 12.3. The number of benzene rings is 1. The third-order valence-corrected chi connectivity index (χ3v) is 5.55. The maximum absolute atomic E-state index is 9.64. The van der Waals surface area contributed by atoms with Crippen LogP contribution in [0, 0.1) is 0 Å². The Balaban J connectivity index is 1.93. The van der Waals surface area contributed by atoms with Crippen molar-refractivity contribution in [2.75, 3.05) is 45.9 Å². The lowest BCUT2D eigenvalue weighted by molar-refractivity contribution is 0.0824. The summed E-state index contributed by atoms with van der Waals surface area (Å²) in [5.74, 6) is 2.44. The Labute approximate surface area is 194 Å². The number of likely N-dealkylation sites (tertiary alicyclic amines) is 1. The summed E-state index contributed by atoms with van der Waals surface area (Å²) in [4.78, 5) is 7.19. The minimum Gasteiger partial charge on any atom is -0.490 e. The minimum atomic E-state index is -0.115. The van der Waals surface area contributed by atoms with Crippen molar-refractivity contribution < 1.29 is 14.6 Å². The normalized spacial score (nSPS) is 16.6. The maximum atomic E-state index is 9.64. The molecule has 1 fully saturated rings. The van der Waals surface area contributed by atoms with Crippen LogP contribution >= 0.6 is 0 Å². The Hall–Kier alpha value is -1.99. The Bertz CT molecular complexity index is 675. The molecule has 1 aromatic rings. The van der Waals surface area contributed by atoms with Gasteiger partial charge in [-0.3, -0.25) is 4.99 Å². The van der Waals surface area contributed by atoms with Crippen molar-refractivity contribution in [3.05, 3.63) is 23.8 Å². The molecule has 7 heteroatoms. The first kappa shape index (κ1) is 26.3. The number of guanidine groups is 1. The van der Waals surface area contributed by atoms with Crippen LogP contribution in [0.15, 0.2) is 23.2 Å². The van der Waals surface area contributed by atoms with E-state index in [0.29, 0.717) is 13.2 Å². The van der Waals surface area contributed by atoms with Crippen molar-refractivity contribution in [3.8, 4) is 11.5 Å². The largest absolute Gasteiger partial charge is 0.490 e. The summed E-state index contributed by atoms with van der Waals surface area (Å²) in [6.45, 7) is 14.4. The van der Waals surface area contributed by atoms with Crippen LogP contribution in [0.4, 0.5) is 0 Å². The maximum Gasteiger partial charge on any atom is 0.191 e. The van der Waals surface area contributed by atoms with E-state index < -0.39 is 0 Å². The summed E-state index contributed by atoms with van der Waals surface area (Å²) in [5.41, 5.74) is 1.14. The third kappa shape index (κ3) is 9.25. The molecule has 0 amide bonds. The van der Waals surface area contributed by atoms with Gasteiger partial charge in [0.2, 0.25) is 0 Å². The molecule has 1 heterocycles. The third-order valence-electron chi connectivity index (χ3n) is 5.55. The second kappa shape index (κ2) is 15.0. The number of rotatable bonds is 13. The van der Waals surface area contributed by atoms with Gasteiger partial charge in [-0.05, 0) is 70.2 Å². The Morgan fingerprint density at radius 1 is 1.12 bits per heavy atom. The molecule has 1 aliphatic rings. The SMILES string of the molecule is CCCOc1ccc(C(C)NC(=NCCCN2CCC(O)CC2)NCC)cc1OCCC. The predicted molar refractivity (Wildman–Crippen MR) is 132 cm³/mol. The van der Waals surface area contributed by atoms with Crippen molar-refractivity contribution in [2.45, 2.75) is 71.9 Å². The van der Waals surface area contributed by atoms with Crippen molar-refractivity contribution in [1.82, 2.24) is 15.5 Å². The van der Waals surface area contributed by atoms with E-state index in [2.05, 4.69) is 55.4 Å². The highest BCUT2D eigenvalue weighted by molar-refractivity contribution is 5.80. The van der Waals surface area contributed by atoms with E-state index >= 15 is 0 Å². The van der Waals surface area contributed by atoms with Gasteiger partial charge < -0.3 is 30.1 Å². The summed E-state index contributed by atoms with van der Waals surface area (Å²) in [6.07, 6.45) is 4.60. The lowest BCUT2D eigenvalue weighted by Gasteiger charge is -2.29. The number of nitrogens with one attached hydrogen (secondary N) is 2. The number of hydrogen-bond acceptors (Lipinski definition) is 5. The number of hydrogen-bond donors (Lipinski definition) is 3. The first-order chi connectivity index (χ1) is 15.6. The first-order valence-electron chi connectivity index (χ1n) is 12.4. The van der Waals surface area contributed by atoms with Gasteiger partial charge in [0.05, 0.1) is 25.4 Å². The second-order valence-corrected chi connectivity index (χ2v) is 8.46. The van der Waals surface area contributed by atoms with Crippen LogP contribution in [0.25, 0.3) is 0 Å².